The molecule has 0 spiro atoms. The van der Waals surface area contributed by atoms with E-state index in [9.17, 15) is 0 Å². The molecule has 12 aromatic rings. The lowest BCUT2D eigenvalue weighted by Gasteiger charge is -2.11. The Hall–Kier alpha value is -9.33. The standard InChI is InChI=1S/C63H43N7/c1-41-38-53(42-20-7-2-8-21-42)64-60(43-22-9-3-10-23-43)65-59(41)50-31-19-33-57-58(50)52-40-47(35-37-56(52)69(57)48-28-15-6-16-29-48)46-34-36-55-51(39-46)49-30-17-18-32-54(49)70(55)63-67-61(44-24-11-4-12-25-44)66-62(68-63)45-26-13-5-14-27-45/h2-37,39-40H,38H2,1H3. The van der Waals surface area contributed by atoms with Crippen LogP contribution in [0.3, 0.4) is 0 Å². The predicted octanol–water partition coefficient (Wildman–Crippen LogP) is 15.1. The molecule has 0 amide bonds. The zero-order valence-corrected chi connectivity index (χ0v) is 38.3. The van der Waals surface area contributed by atoms with Gasteiger partial charge in [0.05, 0.1) is 33.5 Å². The van der Waals surface area contributed by atoms with Gasteiger partial charge >= 0.3 is 0 Å². The van der Waals surface area contributed by atoms with Gasteiger partial charge in [0.1, 0.15) is 0 Å². The first-order chi connectivity index (χ1) is 34.6. The summed E-state index contributed by atoms with van der Waals surface area (Å²) in [5, 5.41) is 4.52. The van der Waals surface area contributed by atoms with Crippen molar-refractivity contribution in [3.05, 3.63) is 253 Å². The highest BCUT2D eigenvalue weighted by Crippen LogP contribution is 2.42. The lowest BCUT2D eigenvalue weighted by molar-refractivity contribution is 0.953. The van der Waals surface area contributed by atoms with Crippen molar-refractivity contribution in [1.29, 1.82) is 0 Å². The van der Waals surface area contributed by atoms with Crippen LogP contribution in [0.2, 0.25) is 0 Å². The lowest BCUT2D eigenvalue weighted by atomic mass is 9.96. The fourth-order valence-electron chi connectivity index (χ4n) is 10.1. The number of aliphatic imine (C=N–C) groups is 2. The molecule has 3 aromatic heterocycles. The van der Waals surface area contributed by atoms with Crippen molar-refractivity contribution in [3.63, 3.8) is 0 Å². The van der Waals surface area contributed by atoms with Gasteiger partial charge in [-0.3, -0.25) is 4.57 Å². The largest absolute Gasteiger partial charge is 0.309 e. The summed E-state index contributed by atoms with van der Waals surface area (Å²) in [5.74, 6) is 2.51. The molecule has 0 fully saturated rings. The summed E-state index contributed by atoms with van der Waals surface area (Å²) in [5.41, 5.74) is 15.7. The number of fused-ring (bicyclic) bond motifs is 6. The molecule has 330 valence electrons. The van der Waals surface area contributed by atoms with Crippen molar-refractivity contribution in [2.24, 2.45) is 9.98 Å². The van der Waals surface area contributed by atoms with E-state index in [4.69, 9.17) is 24.9 Å². The number of rotatable bonds is 8. The maximum absolute atomic E-state index is 5.51. The minimum Gasteiger partial charge on any atom is -0.309 e. The predicted molar refractivity (Wildman–Crippen MR) is 288 cm³/mol. The van der Waals surface area contributed by atoms with Crippen LogP contribution in [-0.4, -0.2) is 35.6 Å². The molecule has 1 aliphatic heterocycles. The number of benzene rings is 9. The molecule has 0 saturated carbocycles. The Bertz CT molecular complexity index is 4000. The number of hydrogen-bond donors (Lipinski definition) is 0. The summed E-state index contributed by atoms with van der Waals surface area (Å²) in [6, 6.07) is 80.6. The van der Waals surface area contributed by atoms with Crippen molar-refractivity contribution < 1.29 is 0 Å². The minimum absolute atomic E-state index is 0.566. The van der Waals surface area contributed by atoms with Crippen LogP contribution in [0.1, 0.15) is 30.0 Å². The fraction of sp³-hybridized carbons (Fsp3) is 0.0317. The van der Waals surface area contributed by atoms with E-state index in [-0.39, 0.29) is 0 Å². The molecule has 0 N–H and O–H groups in total. The monoisotopic (exact) mass is 897 g/mol. The summed E-state index contributed by atoms with van der Waals surface area (Å²) < 4.78 is 4.56. The van der Waals surface area contributed by atoms with E-state index >= 15 is 0 Å². The van der Waals surface area contributed by atoms with E-state index in [1.165, 1.54) is 0 Å². The second-order valence-corrected chi connectivity index (χ2v) is 17.7. The summed E-state index contributed by atoms with van der Waals surface area (Å²) in [4.78, 5) is 26.1. The van der Waals surface area contributed by atoms with Gasteiger partial charge in [-0.2, -0.15) is 9.97 Å². The van der Waals surface area contributed by atoms with Gasteiger partial charge in [0.15, 0.2) is 17.5 Å². The summed E-state index contributed by atoms with van der Waals surface area (Å²) >= 11 is 0. The van der Waals surface area contributed by atoms with Crippen LogP contribution in [0.4, 0.5) is 0 Å². The maximum Gasteiger partial charge on any atom is 0.238 e. The number of amidine groups is 1. The van der Waals surface area contributed by atoms with E-state index in [0.29, 0.717) is 29.9 Å². The van der Waals surface area contributed by atoms with Crippen LogP contribution in [0.5, 0.6) is 0 Å². The van der Waals surface area contributed by atoms with Crippen LogP contribution in [-0.2, 0) is 0 Å². The van der Waals surface area contributed by atoms with Crippen LogP contribution in [0.25, 0.3) is 94.8 Å². The van der Waals surface area contributed by atoms with Gasteiger partial charge in [0.25, 0.3) is 0 Å². The van der Waals surface area contributed by atoms with Crippen molar-refractivity contribution in [2.45, 2.75) is 13.3 Å². The molecule has 0 aliphatic carbocycles. The third-order valence-electron chi connectivity index (χ3n) is 13.4. The first kappa shape index (κ1) is 40.9. The first-order valence-electron chi connectivity index (χ1n) is 23.6. The molecule has 0 unspecified atom stereocenters. The van der Waals surface area contributed by atoms with Crippen molar-refractivity contribution in [3.8, 4) is 45.5 Å². The van der Waals surface area contributed by atoms with Crippen molar-refractivity contribution in [2.75, 3.05) is 0 Å². The number of hydrogen-bond acceptors (Lipinski definition) is 5. The molecule has 7 nitrogen and oxygen atoms in total. The van der Waals surface area contributed by atoms with Crippen molar-refractivity contribution in [1.82, 2.24) is 24.1 Å². The van der Waals surface area contributed by atoms with E-state index < -0.39 is 0 Å². The zero-order valence-electron chi connectivity index (χ0n) is 38.3. The highest BCUT2D eigenvalue weighted by molar-refractivity contribution is 6.19. The molecule has 0 saturated heterocycles. The second-order valence-electron chi connectivity index (χ2n) is 17.7. The van der Waals surface area contributed by atoms with Crippen LogP contribution in [0.15, 0.2) is 246 Å². The Morgan fingerprint density at radius 1 is 0.371 bits per heavy atom. The van der Waals surface area contributed by atoms with Crippen molar-refractivity contribution >= 4 is 60.9 Å². The average molecular weight is 898 g/mol. The summed E-state index contributed by atoms with van der Waals surface area (Å²) in [6.07, 6.45) is 0.664. The highest BCUT2D eigenvalue weighted by Gasteiger charge is 2.24. The smallest absolute Gasteiger partial charge is 0.238 e. The zero-order chi connectivity index (χ0) is 46.5. The Morgan fingerprint density at radius 3 is 1.53 bits per heavy atom. The second kappa shape index (κ2) is 17.1. The molecule has 7 heteroatoms. The minimum atomic E-state index is 0.566. The van der Waals surface area contributed by atoms with Gasteiger partial charge in [0.2, 0.25) is 5.95 Å². The molecule has 0 atom stereocenters. The molecule has 13 rings (SSSR count). The third-order valence-corrected chi connectivity index (χ3v) is 13.4. The Balaban J connectivity index is 1.01. The number of nitrogens with zero attached hydrogens (tertiary/aromatic N) is 7. The third kappa shape index (κ3) is 7.11. The molecule has 70 heavy (non-hydrogen) atoms. The first-order valence-corrected chi connectivity index (χ1v) is 23.6. The summed E-state index contributed by atoms with van der Waals surface area (Å²) in [7, 11) is 0. The average Bonchev–Trinajstić information content (AvgIpc) is 3.88. The van der Waals surface area contributed by atoms with Crippen LogP contribution >= 0.6 is 0 Å². The Morgan fingerprint density at radius 2 is 0.886 bits per heavy atom. The number of aromatic nitrogens is 5. The topological polar surface area (TPSA) is 73.2 Å². The Labute approximate surface area is 404 Å². The van der Waals surface area contributed by atoms with Crippen LogP contribution < -0.4 is 0 Å². The maximum atomic E-state index is 5.51. The van der Waals surface area contributed by atoms with E-state index in [1.807, 2.05) is 66.7 Å². The number of para-hydroxylation sites is 2. The van der Waals surface area contributed by atoms with E-state index in [0.717, 1.165) is 105 Å². The van der Waals surface area contributed by atoms with Gasteiger partial charge in [-0.05, 0) is 77.7 Å². The van der Waals surface area contributed by atoms with Crippen LogP contribution in [0, 0.1) is 0 Å². The van der Waals surface area contributed by atoms with Gasteiger partial charge < -0.3 is 4.57 Å². The SMILES string of the molecule is CC1=C(c2cccc3c2c2cc(-c4ccc5c(c4)c4ccccc4n5-c4nc(-c5ccccc5)nc(-c5ccccc5)n4)ccc2n3-c2ccccc2)N=C(c2ccccc2)N=C(c2ccccc2)C1. The fourth-order valence-corrected chi connectivity index (χ4v) is 10.1. The molecule has 0 bridgehead atoms. The molecule has 4 heterocycles. The quantitative estimate of drug-likeness (QED) is 0.152. The number of allylic oxidation sites excluding steroid dienone is 1. The summed E-state index contributed by atoms with van der Waals surface area (Å²) in [6.45, 7) is 2.21. The molecular weight excluding hydrogens is 855 g/mol. The normalized spacial score (nSPS) is 13.0. The molecule has 9 aromatic carbocycles. The Kier molecular flexibility index (Phi) is 9.98. The molecule has 0 radical (unpaired) electrons. The molecular formula is C63H43N7. The van der Waals surface area contributed by atoms with Gasteiger partial charge in [-0.25, -0.2) is 15.0 Å². The lowest BCUT2D eigenvalue weighted by Crippen LogP contribution is -2.06. The van der Waals surface area contributed by atoms with E-state index in [2.05, 4.69) is 180 Å². The highest BCUT2D eigenvalue weighted by atomic mass is 15.2. The van der Waals surface area contributed by atoms with Gasteiger partial charge in [0, 0.05) is 55.9 Å². The van der Waals surface area contributed by atoms with E-state index in [1.54, 1.807) is 0 Å². The van der Waals surface area contributed by atoms with Gasteiger partial charge in [-0.1, -0.05) is 182 Å². The molecule has 1 aliphatic rings. The van der Waals surface area contributed by atoms with Gasteiger partial charge in [-0.15, -0.1) is 0 Å².